The van der Waals surface area contributed by atoms with Gasteiger partial charge in [-0.2, -0.15) is 8.42 Å². The Morgan fingerprint density at radius 2 is 1.81 bits per heavy atom. The highest BCUT2D eigenvalue weighted by Gasteiger charge is 2.28. The number of para-hydroxylation sites is 2. The lowest BCUT2D eigenvalue weighted by Crippen LogP contribution is -2.41. The molecule has 0 spiro atoms. The minimum Gasteiger partial charge on any atom is -0.489 e. The van der Waals surface area contributed by atoms with Crippen LogP contribution in [0.3, 0.4) is 0 Å². The fourth-order valence-corrected chi connectivity index (χ4v) is 3.38. The first-order valence-corrected chi connectivity index (χ1v) is 7.78. The molecule has 0 amide bonds. The Hall–Kier alpha value is -2.28. The summed E-state index contributed by atoms with van der Waals surface area (Å²) in [5.41, 5.74) is 0.790. The molecule has 0 radical (unpaired) electrons. The number of hydrogen-bond donors (Lipinski definition) is 1. The number of benzene rings is 2. The molecule has 7 heteroatoms. The molecule has 21 heavy (non-hydrogen) atoms. The van der Waals surface area contributed by atoms with Gasteiger partial charge >= 0.3 is 10.2 Å². The van der Waals surface area contributed by atoms with Gasteiger partial charge in [-0.25, -0.2) is 8.70 Å². The second kappa shape index (κ2) is 5.25. The third kappa shape index (κ3) is 2.78. The van der Waals surface area contributed by atoms with Crippen LogP contribution < -0.4 is 13.8 Å². The Morgan fingerprint density at radius 3 is 2.57 bits per heavy atom. The second-order valence-corrected chi connectivity index (χ2v) is 6.10. The van der Waals surface area contributed by atoms with Crippen molar-refractivity contribution in [3.05, 3.63) is 54.3 Å². The van der Waals surface area contributed by atoms with Crippen molar-refractivity contribution in [2.45, 2.75) is 0 Å². The number of ether oxygens (including phenoxy) is 1. The highest BCUT2D eigenvalue weighted by molar-refractivity contribution is 7.94. The maximum atomic E-state index is 12.9. The van der Waals surface area contributed by atoms with E-state index in [0.29, 0.717) is 17.1 Å². The molecule has 110 valence electrons. The Balaban J connectivity index is 1.91. The van der Waals surface area contributed by atoms with Gasteiger partial charge in [0.25, 0.3) is 0 Å². The van der Waals surface area contributed by atoms with E-state index in [1.165, 1.54) is 28.6 Å². The summed E-state index contributed by atoms with van der Waals surface area (Å²) < 4.78 is 46.9. The topological polar surface area (TPSA) is 58.6 Å². The third-order valence-electron chi connectivity index (χ3n) is 3.07. The van der Waals surface area contributed by atoms with E-state index in [0.717, 1.165) is 0 Å². The SMILES string of the molecule is O=S(=O)(Nc1ccc(F)cc1)N1CCOc2ccccc21. The summed E-state index contributed by atoms with van der Waals surface area (Å²) in [7, 11) is -3.78. The maximum Gasteiger partial charge on any atom is 0.324 e. The highest BCUT2D eigenvalue weighted by Crippen LogP contribution is 2.33. The summed E-state index contributed by atoms with van der Waals surface area (Å²) in [4.78, 5) is 0. The average Bonchev–Trinajstić information content (AvgIpc) is 2.49. The van der Waals surface area contributed by atoms with Gasteiger partial charge in [-0.1, -0.05) is 12.1 Å². The molecule has 1 aliphatic heterocycles. The van der Waals surface area contributed by atoms with Crippen LogP contribution in [0.15, 0.2) is 48.5 Å². The Labute approximate surface area is 122 Å². The van der Waals surface area contributed by atoms with Crippen molar-refractivity contribution < 1.29 is 17.5 Å². The first kappa shape index (κ1) is 13.7. The van der Waals surface area contributed by atoms with E-state index in [-0.39, 0.29) is 13.2 Å². The van der Waals surface area contributed by atoms with Gasteiger partial charge in [-0.3, -0.25) is 4.72 Å². The number of anilines is 2. The number of fused-ring (bicyclic) bond motifs is 1. The van der Waals surface area contributed by atoms with Gasteiger partial charge in [0.2, 0.25) is 0 Å². The van der Waals surface area contributed by atoms with Crippen molar-refractivity contribution in [3.63, 3.8) is 0 Å². The van der Waals surface area contributed by atoms with Crippen LogP contribution in [0.4, 0.5) is 15.8 Å². The molecule has 0 saturated heterocycles. The molecular formula is C14H13FN2O3S. The molecular weight excluding hydrogens is 295 g/mol. The molecule has 2 aromatic rings. The van der Waals surface area contributed by atoms with Crippen LogP contribution in [0, 0.1) is 5.82 Å². The molecule has 0 aromatic heterocycles. The maximum absolute atomic E-state index is 12.9. The van der Waals surface area contributed by atoms with Crippen LogP contribution in [-0.2, 0) is 10.2 Å². The van der Waals surface area contributed by atoms with Crippen molar-refractivity contribution in [1.29, 1.82) is 0 Å². The van der Waals surface area contributed by atoms with Gasteiger partial charge < -0.3 is 4.74 Å². The molecule has 3 rings (SSSR count). The Kier molecular flexibility index (Phi) is 3.42. The number of nitrogens with one attached hydrogen (secondary N) is 1. The zero-order valence-electron chi connectivity index (χ0n) is 11.0. The quantitative estimate of drug-likeness (QED) is 0.947. The lowest BCUT2D eigenvalue weighted by Gasteiger charge is -2.30. The van der Waals surface area contributed by atoms with Gasteiger partial charge in [0.1, 0.15) is 18.2 Å². The summed E-state index contributed by atoms with van der Waals surface area (Å²) in [6.07, 6.45) is 0. The van der Waals surface area contributed by atoms with E-state index >= 15 is 0 Å². The van der Waals surface area contributed by atoms with Crippen molar-refractivity contribution in [3.8, 4) is 5.75 Å². The molecule has 0 atom stereocenters. The van der Waals surface area contributed by atoms with Crippen LogP contribution >= 0.6 is 0 Å². The summed E-state index contributed by atoms with van der Waals surface area (Å²) in [6.45, 7) is 0.495. The zero-order valence-corrected chi connectivity index (χ0v) is 11.8. The van der Waals surface area contributed by atoms with E-state index in [9.17, 15) is 12.8 Å². The van der Waals surface area contributed by atoms with E-state index in [2.05, 4.69) is 4.72 Å². The second-order valence-electron chi connectivity index (χ2n) is 4.50. The van der Waals surface area contributed by atoms with Crippen LogP contribution in [0.2, 0.25) is 0 Å². The van der Waals surface area contributed by atoms with Gasteiger partial charge in [-0.15, -0.1) is 0 Å². The molecule has 1 N–H and O–H groups in total. The van der Waals surface area contributed by atoms with Crippen molar-refractivity contribution in [1.82, 2.24) is 0 Å². The normalized spacial score (nSPS) is 14.2. The molecule has 5 nitrogen and oxygen atoms in total. The van der Waals surface area contributed by atoms with Crippen molar-refractivity contribution in [2.24, 2.45) is 0 Å². The van der Waals surface area contributed by atoms with Crippen LogP contribution in [0.25, 0.3) is 0 Å². The zero-order chi connectivity index (χ0) is 14.9. The van der Waals surface area contributed by atoms with Gasteiger partial charge in [0.15, 0.2) is 0 Å². The van der Waals surface area contributed by atoms with Crippen molar-refractivity contribution >= 4 is 21.6 Å². The monoisotopic (exact) mass is 308 g/mol. The van der Waals surface area contributed by atoms with E-state index in [1.807, 2.05) is 0 Å². The van der Waals surface area contributed by atoms with Gasteiger partial charge in [0.05, 0.1) is 17.9 Å². The Bertz CT molecular complexity index is 747. The molecule has 2 aromatic carbocycles. The van der Waals surface area contributed by atoms with E-state index < -0.39 is 16.0 Å². The van der Waals surface area contributed by atoms with E-state index in [1.54, 1.807) is 24.3 Å². The molecule has 0 fully saturated rings. The summed E-state index contributed by atoms with van der Waals surface area (Å²) >= 11 is 0. The molecule has 0 saturated carbocycles. The summed E-state index contributed by atoms with van der Waals surface area (Å²) in [6, 6.07) is 12.1. The number of rotatable bonds is 3. The van der Waals surface area contributed by atoms with Gasteiger partial charge in [-0.05, 0) is 36.4 Å². The first-order valence-electron chi connectivity index (χ1n) is 6.34. The van der Waals surface area contributed by atoms with Crippen LogP contribution in [0.1, 0.15) is 0 Å². The minimum atomic E-state index is -3.78. The van der Waals surface area contributed by atoms with Crippen LogP contribution in [0.5, 0.6) is 5.75 Å². The lowest BCUT2D eigenvalue weighted by molar-refractivity contribution is 0.316. The fourth-order valence-electron chi connectivity index (χ4n) is 2.12. The lowest BCUT2D eigenvalue weighted by atomic mass is 10.2. The predicted molar refractivity (Wildman–Crippen MR) is 78.2 cm³/mol. The largest absolute Gasteiger partial charge is 0.489 e. The summed E-state index contributed by atoms with van der Waals surface area (Å²) in [5, 5.41) is 0. The smallest absolute Gasteiger partial charge is 0.324 e. The average molecular weight is 308 g/mol. The first-order chi connectivity index (χ1) is 10.1. The molecule has 0 unspecified atom stereocenters. The van der Waals surface area contributed by atoms with Crippen LogP contribution in [-0.4, -0.2) is 21.6 Å². The molecule has 1 aliphatic rings. The number of hydrogen-bond acceptors (Lipinski definition) is 3. The highest BCUT2D eigenvalue weighted by atomic mass is 32.2. The summed E-state index contributed by atoms with van der Waals surface area (Å²) in [5.74, 6) is 0.0999. The number of halogens is 1. The number of nitrogens with zero attached hydrogens (tertiary/aromatic N) is 1. The molecule has 0 bridgehead atoms. The predicted octanol–water partition coefficient (Wildman–Crippen LogP) is 2.38. The van der Waals surface area contributed by atoms with E-state index in [4.69, 9.17) is 4.74 Å². The minimum absolute atomic E-state index is 0.216. The standard InChI is InChI=1S/C14H13FN2O3S/c15-11-5-7-12(8-6-11)16-21(18,19)17-9-10-20-14-4-2-1-3-13(14)17/h1-8,16H,9-10H2. The van der Waals surface area contributed by atoms with Crippen molar-refractivity contribution in [2.75, 3.05) is 22.2 Å². The third-order valence-corrected chi connectivity index (χ3v) is 4.52. The fraction of sp³-hybridized carbons (Fsp3) is 0.143. The Morgan fingerprint density at radius 1 is 1.10 bits per heavy atom. The molecule has 1 heterocycles. The van der Waals surface area contributed by atoms with Gasteiger partial charge in [0, 0.05) is 0 Å². The molecule has 0 aliphatic carbocycles.